The normalized spacial score (nSPS) is 31.1. The van der Waals surface area contributed by atoms with E-state index in [0.29, 0.717) is 26.2 Å². The molecule has 1 N–H and O–H groups in total. The van der Waals surface area contributed by atoms with Crippen LogP contribution in [0.25, 0.3) is 0 Å². The Hall–Kier alpha value is -3.75. The van der Waals surface area contributed by atoms with Gasteiger partial charge in [-0.15, -0.1) is 0 Å². The van der Waals surface area contributed by atoms with Crippen LogP contribution in [0.2, 0.25) is 0 Å². The molecule has 1 unspecified atom stereocenters. The zero-order valence-electron chi connectivity index (χ0n) is 24.3. The molecule has 0 aromatic heterocycles. The van der Waals surface area contributed by atoms with E-state index in [4.69, 9.17) is 4.74 Å². The lowest BCUT2D eigenvalue weighted by Crippen LogP contribution is -2.57. The summed E-state index contributed by atoms with van der Waals surface area (Å²) in [4.78, 5) is 48.7. The third-order valence-electron chi connectivity index (χ3n) is 9.35. The predicted octanol–water partition coefficient (Wildman–Crippen LogP) is 3.49. The Bertz CT molecular complexity index is 1390. The van der Waals surface area contributed by atoms with Gasteiger partial charge in [-0.3, -0.25) is 14.4 Å². The van der Waals surface area contributed by atoms with E-state index in [1.54, 1.807) is 9.80 Å². The number of hydrogen-bond acceptors (Lipinski definition) is 5. The first-order valence-electron chi connectivity index (χ1n) is 15.0. The molecule has 4 aliphatic heterocycles. The highest BCUT2D eigenvalue weighted by atomic mass is 16.5. The molecule has 4 heterocycles. The van der Waals surface area contributed by atoms with E-state index in [1.807, 2.05) is 91.9 Å². The van der Waals surface area contributed by atoms with Gasteiger partial charge in [0.15, 0.2) is 0 Å². The Morgan fingerprint density at radius 2 is 1.55 bits per heavy atom. The number of benzene rings is 2. The van der Waals surface area contributed by atoms with Crippen molar-refractivity contribution in [2.24, 2.45) is 11.8 Å². The molecule has 4 aliphatic rings. The number of aliphatic hydroxyl groups is 1. The Balaban J connectivity index is 1.46. The molecular formula is C34H39N3O5. The molecule has 2 fully saturated rings. The van der Waals surface area contributed by atoms with Crippen LogP contribution in [0.3, 0.4) is 0 Å². The van der Waals surface area contributed by atoms with Crippen LogP contribution in [-0.2, 0) is 25.7 Å². The van der Waals surface area contributed by atoms with Crippen LogP contribution in [0.4, 0.5) is 0 Å². The molecule has 2 aromatic rings. The van der Waals surface area contributed by atoms with E-state index in [1.165, 1.54) is 4.90 Å². The molecule has 0 radical (unpaired) electrons. The van der Waals surface area contributed by atoms with E-state index in [9.17, 15) is 19.5 Å². The van der Waals surface area contributed by atoms with Crippen LogP contribution < -0.4 is 0 Å². The lowest BCUT2D eigenvalue weighted by atomic mass is 9.74. The highest BCUT2D eigenvalue weighted by Gasteiger charge is 2.75. The van der Waals surface area contributed by atoms with Gasteiger partial charge in [0, 0.05) is 26.2 Å². The first kappa shape index (κ1) is 28.4. The maximum Gasteiger partial charge on any atom is 0.249 e. The summed E-state index contributed by atoms with van der Waals surface area (Å²) >= 11 is 0. The van der Waals surface area contributed by atoms with Crippen molar-refractivity contribution in [3.05, 3.63) is 96.1 Å². The fourth-order valence-corrected chi connectivity index (χ4v) is 7.42. The Labute approximate surface area is 247 Å². The molecule has 8 heteroatoms. The van der Waals surface area contributed by atoms with E-state index in [-0.39, 0.29) is 24.3 Å². The fraction of sp³-hybridized carbons (Fsp3) is 0.441. The number of nitrogens with zero attached hydrogens (tertiary/aromatic N) is 3. The molecule has 0 aliphatic carbocycles. The Morgan fingerprint density at radius 1 is 0.881 bits per heavy atom. The molecular weight excluding hydrogens is 530 g/mol. The maximum atomic E-state index is 14.8. The second kappa shape index (κ2) is 11.2. The van der Waals surface area contributed by atoms with Gasteiger partial charge in [0.05, 0.1) is 30.1 Å². The molecule has 6 rings (SSSR count). The summed E-state index contributed by atoms with van der Waals surface area (Å²) in [5.41, 5.74) is -0.718. The standard InChI is InChI=1S/C34H39N3O5/c1-3-4-19-35-20-12-18-34-28(31(40)37(29(34)32(35)41)26(23-38)25-15-9-6-10-16-25)27-30(39)36(21-11-17-33(27,2)42-34)22-24-13-7-5-8-14-24/h5-18,26-29,38H,3-4,19-23H2,1-2H3/t26-,27+,28+,29?,33-,34+/m1/s1. The number of rotatable bonds is 8. The van der Waals surface area contributed by atoms with E-state index >= 15 is 0 Å². The summed E-state index contributed by atoms with van der Waals surface area (Å²) < 4.78 is 6.94. The van der Waals surface area contributed by atoms with Gasteiger partial charge in [-0.2, -0.15) is 0 Å². The summed E-state index contributed by atoms with van der Waals surface area (Å²) in [6.07, 6.45) is 9.37. The largest absolute Gasteiger partial charge is 0.394 e. The van der Waals surface area contributed by atoms with Gasteiger partial charge >= 0.3 is 0 Å². The van der Waals surface area contributed by atoms with Gasteiger partial charge in [-0.1, -0.05) is 98.3 Å². The van der Waals surface area contributed by atoms with Crippen molar-refractivity contribution in [2.75, 3.05) is 26.2 Å². The second-order valence-corrected chi connectivity index (χ2v) is 12.0. The molecule has 42 heavy (non-hydrogen) atoms. The van der Waals surface area contributed by atoms with Crippen LogP contribution in [0.15, 0.2) is 85.0 Å². The minimum Gasteiger partial charge on any atom is -0.394 e. The van der Waals surface area contributed by atoms with Crippen LogP contribution in [0, 0.1) is 11.8 Å². The molecule has 2 saturated heterocycles. The number of carbonyl (C=O) groups is 3. The lowest BCUT2D eigenvalue weighted by Gasteiger charge is -2.40. The van der Waals surface area contributed by atoms with Crippen molar-refractivity contribution in [3.63, 3.8) is 0 Å². The number of fused-ring (bicyclic) bond motifs is 2. The Morgan fingerprint density at radius 3 is 2.24 bits per heavy atom. The highest BCUT2D eigenvalue weighted by Crippen LogP contribution is 2.58. The van der Waals surface area contributed by atoms with Gasteiger partial charge in [-0.25, -0.2) is 0 Å². The molecule has 6 atom stereocenters. The monoisotopic (exact) mass is 569 g/mol. The van der Waals surface area contributed by atoms with E-state index in [0.717, 1.165) is 24.0 Å². The van der Waals surface area contributed by atoms with Crippen molar-refractivity contribution in [1.29, 1.82) is 0 Å². The summed E-state index contributed by atoms with van der Waals surface area (Å²) in [7, 11) is 0. The summed E-state index contributed by atoms with van der Waals surface area (Å²) in [5, 5.41) is 10.7. The number of aliphatic hydroxyl groups excluding tert-OH is 1. The average Bonchev–Trinajstić information content (AvgIpc) is 3.27. The number of hydrogen-bond donors (Lipinski definition) is 1. The number of ether oxygens (including phenoxy) is 1. The van der Waals surface area contributed by atoms with Crippen molar-refractivity contribution in [3.8, 4) is 0 Å². The number of carbonyl (C=O) groups excluding carboxylic acids is 3. The predicted molar refractivity (Wildman–Crippen MR) is 158 cm³/mol. The number of amides is 3. The molecule has 2 aromatic carbocycles. The third kappa shape index (κ3) is 4.48. The van der Waals surface area contributed by atoms with E-state index in [2.05, 4.69) is 6.92 Å². The van der Waals surface area contributed by atoms with Crippen molar-refractivity contribution in [2.45, 2.75) is 56.5 Å². The first-order chi connectivity index (χ1) is 20.3. The minimum atomic E-state index is -1.35. The van der Waals surface area contributed by atoms with Gasteiger partial charge in [0.25, 0.3) is 0 Å². The first-order valence-corrected chi connectivity index (χ1v) is 15.0. The van der Waals surface area contributed by atoms with Gasteiger partial charge in [0.2, 0.25) is 17.7 Å². The van der Waals surface area contributed by atoms with Gasteiger partial charge in [-0.05, 0) is 24.5 Å². The second-order valence-electron chi connectivity index (χ2n) is 12.0. The van der Waals surface area contributed by atoms with E-state index < -0.39 is 35.1 Å². The molecule has 1 spiro atoms. The topological polar surface area (TPSA) is 90.4 Å². The van der Waals surface area contributed by atoms with Crippen LogP contribution in [0.1, 0.15) is 43.9 Å². The SMILES string of the molecule is CCCCN1CC=C[C@]23O[C@]4(C)C=CCN(Cc5ccccc5)C(=O)[C@@H]4[C@H]2C(=O)N([C@H](CO)c2ccccc2)C3C1=O. The zero-order chi connectivity index (χ0) is 29.5. The molecule has 220 valence electrons. The van der Waals surface area contributed by atoms with Gasteiger partial charge in [0.1, 0.15) is 11.6 Å². The van der Waals surface area contributed by atoms with Gasteiger partial charge < -0.3 is 24.5 Å². The fourth-order valence-electron chi connectivity index (χ4n) is 7.42. The minimum absolute atomic E-state index is 0.171. The summed E-state index contributed by atoms with van der Waals surface area (Å²) in [6.45, 7) is 5.32. The lowest BCUT2D eigenvalue weighted by molar-refractivity contribution is -0.156. The molecule has 0 bridgehead atoms. The summed E-state index contributed by atoms with van der Waals surface area (Å²) in [6, 6.07) is 17.3. The van der Waals surface area contributed by atoms with Crippen LogP contribution in [0.5, 0.6) is 0 Å². The molecule has 0 saturated carbocycles. The number of likely N-dealkylation sites (tertiary alicyclic amines) is 1. The van der Waals surface area contributed by atoms with Crippen molar-refractivity contribution >= 4 is 17.7 Å². The van der Waals surface area contributed by atoms with Crippen LogP contribution >= 0.6 is 0 Å². The molecule has 8 nitrogen and oxygen atoms in total. The smallest absolute Gasteiger partial charge is 0.249 e. The highest BCUT2D eigenvalue weighted by molar-refractivity contribution is 6.00. The zero-order valence-corrected chi connectivity index (χ0v) is 24.3. The summed E-state index contributed by atoms with van der Waals surface area (Å²) in [5.74, 6) is -2.48. The average molecular weight is 570 g/mol. The Kier molecular flexibility index (Phi) is 7.53. The van der Waals surface area contributed by atoms with Crippen molar-refractivity contribution in [1.82, 2.24) is 14.7 Å². The molecule has 3 amide bonds. The quantitative estimate of drug-likeness (QED) is 0.492. The third-order valence-corrected chi connectivity index (χ3v) is 9.35. The maximum absolute atomic E-state index is 14.8. The van der Waals surface area contributed by atoms with Crippen LogP contribution in [-0.4, -0.2) is 81.0 Å². The van der Waals surface area contributed by atoms with Crippen molar-refractivity contribution < 1.29 is 24.2 Å². The number of unbranched alkanes of at least 4 members (excludes halogenated alkanes) is 1.